The van der Waals surface area contributed by atoms with Crippen molar-refractivity contribution in [3.8, 4) is 11.8 Å². The van der Waals surface area contributed by atoms with Gasteiger partial charge in [0.1, 0.15) is 5.82 Å². The molecule has 0 atom stereocenters. The molecule has 194 valence electrons. The van der Waals surface area contributed by atoms with Gasteiger partial charge in [-0.1, -0.05) is 111 Å². The third-order valence-corrected chi connectivity index (χ3v) is 7.25. The molecule has 0 bridgehead atoms. The summed E-state index contributed by atoms with van der Waals surface area (Å²) in [7, 11) is 0. The van der Waals surface area contributed by atoms with E-state index in [9.17, 15) is 0 Å². The predicted octanol–water partition coefficient (Wildman–Crippen LogP) is 9.80. The van der Waals surface area contributed by atoms with Crippen molar-refractivity contribution in [2.45, 2.75) is 71.1 Å². The largest absolute Gasteiger partial charge is 0.205 e. The Kier molecular flexibility index (Phi) is 10.3. The van der Waals surface area contributed by atoms with Gasteiger partial charge in [0, 0.05) is 10.9 Å². The van der Waals surface area contributed by atoms with E-state index in [0.717, 1.165) is 43.1 Å². The number of unbranched alkanes of at least 4 members (excludes halogenated alkanes) is 4. The molecular weight excluding hydrogens is 463 g/mol. The van der Waals surface area contributed by atoms with Crippen molar-refractivity contribution in [2.24, 2.45) is 0 Å². The molecule has 0 aliphatic carbocycles. The van der Waals surface area contributed by atoms with E-state index in [0.29, 0.717) is 10.9 Å². The zero-order valence-electron chi connectivity index (χ0n) is 22.7. The van der Waals surface area contributed by atoms with E-state index in [-0.39, 0.29) is 5.82 Å². The number of benzene rings is 4. The minimum absolute atomic E-state index is 0.236. The van der Waals surface area contributed by atoms with Crippen molar-refractivity contribution < 1.29 is 4.39 Å². The lowest BCUT2D eigenvalue weighted by Gasteiger charge is -2.07. The van der Waals surface area contributed by atoms with Gasteiger partial charge in [0.25, 0.3) is 0 Å². The van der Waals surface area contributed by atoms with Gasteiger partial charge in [-0.2, -0.15) is 0 Å². The minimum Gasteiger partial charge on any atom is -0.205 e. The molecule has 0 unspecified atom stereocenters. The van der Waals surface area contributed by atoms with Crippen LogP contribution in [-0.2, 0) is 25.7 Å². The SMILES string of the molecule is C=CCCc1ccc(CCc2ccc3c(F)c(C#Cc4ccc(CCCCCCC)cc4)ccc3c2)cc1. The summed E-state index contributed by atoms with van der Waals surface area (Å²) >= 11 is 0. The Bertz CT molecular complexity index is 1380. The molecule has 0 heterocycles. The molecule has 1 heteroatoms. The third kappa shape index (κ3) is 7.93. The van der Waals surface area contributed by atoms with Gasteiger partial charge in [-0.15, -0.1) is 6.58 Å². The van der Waals surface area contributed by atoms with Gasteiger partial charge < -0.3 is 0 Å². The Morgan fingerprint density at radius 1 is 0.658 bits per heavy atom. The van der Waals surface area contributed by atoms with Crippen LogP contribution in [0.25, 0.3) is 10.8 Å². The fourth-order valence-electron chi connectivity index (χ4n) is 4.85. The first-order valence-corrected chi connectivity index (χ1v) is 14.2. The van der Waals surface area contributed by atoms with Gasteiger partial charge in [0.05, 0.1) is 5.56 Å². The molecule has 0 N–H and O–H groups in total. The van der Waals surface area contributed by atoms with Crippen LogP contribution < -0.4 is 0 Å². The quantitative estimate of drug-likeness (QED) is 0.103. The highest BCUT2D eigenvalue weighted by molar-refractivity contribution is 5.85. The van der Waals surface area contributed by atoms with Crippen LogP contribution in [0.4, 0.5) is 4.39 Å². The van der Waals surface area contributed by atoms with Gasteiger partial charge in [-0.05, 0) is 84.4 Å². The Morgan fingerprint density at radius 3 is 2.03 bits per heavy atom. The number of allylic oxidation sites excluding steroid dienone is 1. The summed E-state index contributed by atoms with van der Waals surface area (Å²) in [5, 5.41) is 1.55. The highest BCUT2D eigenvalue weighted by Crippen LogP contribution is 2.23. The number of fused-ring (bicyclic) bond motifs is 1. The maximum atomic E-state index is 15.3. The molecule has 38 heavy (non-hydrogen) atoms. The van der Waals surface area contributed by atoms with Crippen molar-refractivity contribution in [3.05, 3.63) is 131 Å². The molecule has 4 aromatic carbocycles. The smallest absolute Gasteiger partial charge is 0.146 e. The molecule has 4 aromatic rings. The maximum Gasteiger partial charge on any atom is 0.146 e. The summed E-state index contributed by atoms with van der Waals surface area (Å²) in [5.41, 5.74) is 6.60. The third-order valence-electron chi connectivity index (χ3n) is 7.25. The predicted molar refractivity (Wildman–Crippen MR) is 161 cm³/mol. The monoisotopic (exact) mass is 502 g/mol. The standard InChI is InChI=1S/C37H39F/c1-3-5-7-8-9-11-30-14-18-32(19-15-30)22-24-34-25-26-35-28-33(23-27-36(35)37(34)38)21-20-31-16-12-29(13-17-31)10-6-4-2/h4,12-19,23,25-28H,2-3,5-11,20-21H2,1H3. The topological polar surface area (TPSA) is 0 Å². The van der Waals surface area contributed by atoms with Crippen LogP contribution in [0.5, 0.6) is 0 Å². The summed E-state index contributed by atoms with van der Waals surface area (Å²) in [6.07, 6.45) is 13.5. The van der Waals surface area contributed by atoms with E-state index in [1.807, 2.05) is 24.3 Å². The van der Waals surface area contributed by atoms with Gasteiger partial charge >= 0.3 is 0 Å². The van der Waals surface area contributed by atoms with E-state index in [2.05, 4.69) is 79.9 Å². The van der Waals surface area contributed by atoms with Gasteiger partial charge in [0.15, 0.2) is 0 Å². The lowest BCUT2D eigenvalue weighted by molar-refractivity contribution is 0.632. The highest BCUT2D eigenvalue weighted by atomic mass is 19.1. The van der Waals surface area contributed by atoms with Crippen molar-refractivity contribution in [2.75, 3.05) is 0 Å². The molecule has 0 saturated carbocycles. The second kappa shape index (κ2) is 14.3. The zero-order valence-corrected chi connectivity index (χ0v) is 22.7. The number of hydrogen-bond donors (Lipinski definition) is 0. The lowest BCUT2D eigenvalue weighted by Crippen LogP contribution is -1.94. The lowest BCUT2D eigenvalue weighted by atomic mass is 9.98. The van der Waals surface area contributed by atoms with Crippen LogP contribution in [0.2, 0.25) is 0 Å². The van der Waals surface area contributed by atoms with Crippen LogP contribution in [-0.4, -0.2) is 0 Å². The molecule has 0 radical (unpaired) electrons. The van der Waals surface area contributed by atoms with Crippen molar-refractivity contribution >= 4 is 10.8 Å². The second-order valence-corrected chi connectivity index (χ2v) is 10.2. The molecule has 0 aliphatic heterocycles. The summed E-state index contributed by atoms with van der Waals surface area (Å²) < 4.78 is 15.3. The van der Waals surface area contributed by atoms with Crippen LogP contribution >= 0.6 is 0 Å². The number of rotatable bonds is 12. The maximum absolute atomic E-state index is 15.3. The second-order valence-electron chi connectivity index (χ2n) is 10.2. The molecule has 0 aromatic heterocycles. The van der Waals surface area contributed by atoms with E-state index in [1.54, 1.807) is 6.07 Å². The van der Waals surface area contributed by atoms with Crippen LogP contribution in [0, 0.1) is 17.7 Å². The first kappa shape index (κ1) is 27.4. The van der Waals surface area contributed by atoms with Gasteiger partial charge in [-0.3, -0.25) is 0 Å². The molecule has 4 rings (SSSR count). The number of hydrogen-bond acceptors (Lipinski definition) is 0. The first-order chi connectivity index (χ1) is 18.7. The minimum atomic E-state index is -0.236. The molecular formula is C37H39F. The van der Waals surface area contributed by atoms with Gasteiger partial charge in [0.2, 0.25) is 0 Å². The molecule has 0 fully saturated rings. The van der Waals surface area contributed by atoms with E-state index < -0.39 is 0 Å². The van der Waals surface area contributed by atoms with E-state index in [4.69, 9.17) is 0 Å². The Hall–Kier alpha value is -3.63. The molecule has 0 spiro atoms. The summed E-state index contributed by atoms with van der Waals surface area (Å²) in [5.74, 6) is 5.97. The van der Waals surface area contributed by atoms with Crippen LogP contribution in [0.15, 0.2) is 91.5 Å². The molecule has 0 aliphatic rings. The van der Waals surface area contributed by atoms with Crippen LogP contribution in [0.1, 0.15) is 78.8 Å². The van der Waals surface area contributed by atoms with E-state index in [1.165, 1.54) is 54.4 Å². The zero-order chi connectivity index (χ0) is 26.6. The van der Waals surface area contributed by atoms with Gasteiger partial charge in [-0.25, -0.2) is 4.39 Å². The van der Waals surface area contributed by atoms with Crippen molar-refractivity contribution in [3.63, 3.8) is 0 Å². The average molecular weight is 503 g/mol. The average Bonchev–Trinajstić information content (AvgIpc) is 2.95. The van der Waals surface area contributed by atoms with Crippen molar-refractivity contribution in [1.82, 2.24) is 0 Å². The summed E-state index contributed by atoms with van der Waals surface area (Å²) in [6.45, 7) is 6.04. The molecule has 0 amide bonds. The fourth-order valence-corrected chi connectivity index (χ4v) is 4.85. The number of halogens is 1. The van der Waals surface area contributed by atoms with E-state index >= 15 is 4.39 Å². The van der Waals surface area contributed by atoms with Crippen LogP contribution in [0.3, 0.4) is 0 Å². The highest BCUT2D eigenvalue weighted by Gasteiger charge is 2.07. The summed E-state index contributed by atoms with van der Waals surface area (Å²) in [6, 6.07) is 27.1. The Balaban J connectivity index is 1.36. The first-order valence-electron chi connectivity index (χ1n) is 14.2. The Labute approximate surface area is 228 Å². The van der Waals surface area contributed by atoms with Crippen molar-refractivity contribution in [1.29, 1.82) is 0 Å². The molecule has 0 nitrogen and oxygen atoms in total. The Morgan fingerprint density at radius 2 is 1.29 bits per heavy atom. The fraction of sp³-hybridized carbons (Fsp3) is 0.297. The summed E-state index contributed by atoms with van der Waals surface area (Å²) in [4.78, 5) is 0. The normalized spacial score (nSPS) is 10.8. The molecule has 0 saturated heterocycles. The number of aryl methyl sites for hydroxylation is 4.